The van der Waals surface area contributed by atoms with Crippen molar-refractivity contribution in [2.24, 2.45) is 5.92 Å². The molecule has 0 atom stereocenters. The molecular weight excluding hydrogens is 198 g/mol. The molecule has 1 saturated carbocycles. The maximum atomic E-state index is 10.8. The molecule has 1 aliphatic carbocycles. The lowest BCUT2D eigenvalue weighted by molar-refractivity contribution is -0.0772. The lowest BCUT2D eigenvalue weighted by atomic mass is 9.72. The minimum atomic E-state index is -0.315. The molecule has 2 nitrogen and oxygen atoms in total. The van der Waals surface area contributed by atoms with E-state index in [-0.39, 0.29) is 5.60 Å². The minimum Gasteiger partial charge on any atom is -0.390 e. The van der Waals surface area contributed by atoms with Gasteiger partial charge in [0, 0.05) is 13.1 Å². The summed E-state index contributed by atoms with van der Waals surface area (Å²) in [5.74, 6) is 0.602. The molecule has 0 aromatic rings. The smallest absolute Gasteiger partial charge is 0.0700 e. The topological polar surface area (TPSA) is 23.5 Å². The number of hydrogen-bond donors (Lipinski definition) is 1. The zero-order valence-electron chi connectivity index (χ0n) is 10.7. The molecule has 0 amide bonds. The van der Waals surface area contributed by atoms with Crippen LogP contribution in [0.3, 0.4) is 0 Å². The second-order valence-electron chi connectivity index (χ2n) is 5.78. The molecule has 0 radical (unpaired) electrons. The summed E-state index contributed by atoms with van der Waals surface area (Å²) in [4.78, 5) is 2.51. The van der Waals surface area contributed by atoms with Crippen molar-refractivity contribution in [1.29, 1.82) is 0 Å². The van der Waals surface area contributed by atoms with Crippen LogP contribution in [-0.2, 0) is 0 Å². The average molecular weight is 225 g/mol. The highest BCUT2D eigenvalue weighted by Gasteiger charge is 2.39. The van der Waals surface area contributed by atoms with Crippen LogP contribution in [0.15, 0.2) is 0 Å². The van der Waals surface area contributed by atoms with Gasteiger partial charge in [-0.2, -0.15) is 0 Å². The van der Waals surface area contributed by atoms with Crippen molar-refractivity contribution in [2.45, 2.75) is 63.9 Å². The summed E-state index contributed by atoms with van der Waals surface area (Å²) in [6.07, 6.45) is 9.86. The first-order valence-corrected chi connectivity index (χ1v) is 7.19. The fourth-order valence-electron chi connectivity index (χ4n) is 3.53. The third-order valence-corrected chi connectivity index (χ3v) is 4.63. The van der Waals surface area contributed by atoms with Gasteiger partial charge in [0.25, 0.3) is 0 Å². The van der Waals surface area contributed by atoms with Crippen molar-refractivity contribution < 1.29 is 5.11 Å². The number of likely N-dealkylation sites (tertiary alicyclic amines) is 1. The van der Waals surface area contributed by atoms with Gasteiger partial charge in [-0.3, -0.25) is 0 Å². The highest BCUT2D eigenvalue weighted by atomic mass is 16.3. The molecule has 94 valence electrons. The first-order chi connectivity index (χ1) is 7.74. The van der Waals surface area contributed by atoms with Crippen LogP contribution in [-0.4, -0.2) is 35.2 Å². The average Bonchev–Trinajstić information content (AvgIpc) is 2.34. The van der Waals surface area contributed by atoms with Gasteiger partial charge in [-0.1, -0.05) is 26.2 Å². The fraction of sp³-hybridized carbons (Fsp3) is 1.00. The lowest BCUT2D eigenvalue weighted by Gasteiger charge is -2.44. The lowest BCUT2D eigenvalue weighted by Crippen LogP contribution is -2.49. The summed E-state index contributed by atoms with van der Waals surface area (Å²) in [5, 5.41) is 10.8. The van der Waals surface area contributed by atoms with E-state index in [1.165, 1.54) is 45.1 Å². The van der Waals surface area contributed by atoms with Crippen molar-refractivity contribution in [3.63, 3.8) is 0 Å². The standard InChI is InChI=1S/C14H27NO/c1-2-10-15-11-8-14(16,9-12-15)13-6-4-3-5-7-13/h13,16H,2-12H2,1H3. The Kier molecular flexibility index (Phi) is 4.26. The minimum absolute atomic E-state index is 0.315. The predicted octanol–water partition coefficient (Wildman–Crippen LogP) is 2.80. The highest BCUT2D eigenvalue weighted by molar-refractivity contribution is 4.92. The Morgan fingerprint density at radius 3 is 2.31 bits per heavy atom. The van der Waals surface area contributed by atoms with Gasteiger partial charge >= 0.3 is 0 Å². The molecule has 0 aromatic carbocycles. The maximum absolute atomic E-state index is 10.8. The van der Waals surface area contributed by atoms with Crippen molar-refractivity contribution >= 4 is 0 Å². The largest absolute Gasteiger partial charge is 0.390 e. The highest BCUT2D eigenvalue weighted by Crippen LogP contribution is 2.38. The summed E-state index contributed by atoms with van der Waals surface area (Å²) in [7, 11) is 0. The first kappa shape index (κ1) is 12.4. The van der Waals surface area contributed by atoms with Crippen LogP contribution in [0.4, 0.5) is 0 Å². The van der Waals surface area contributed by atoms with Crippen LogP contribution < -0.4 is 0 Å². The number of aliphatic hydroxyl groups is 1. The predicted molar refractivity (Wildman–Crippen MR) is 67.5 cm³/mol. The Balaban J connectivity index is 1.84. The molecule has 1 heterocycles. The Hall–Kier alpha value is -0.0800. The van der Waals surface area contributed by atoms with Crippen molar-refractivity contribution in [1.82, 2.24) is 4.90 Å². The summed E-state index contributed by atoms with van der Waals surface area (Å²) < 4.78 is 0. The number of rotatable bonds is 3. The van der Waals surface area contributed by atoms with E-state index in [0.717, 1.165) is 25.9 Å². The number of nitrogens with zero attached hydrogens (tertiary/aromatic N) is 1. The van der Waals surface area contributed by atoms with E-state index in [9.17, 15) is 5.11 Å². The van der Waals surface area contributed by atoms with Gasteiger partial charge in [0.05, 0.1) is 5.60 Å². The molecule has 16 heavy (non-hydrogen) atoms. The Bertz CT molecular complexity index is 203. The molecule has 2 rings (SSSR count). The van der Waals surface area contributed by atoms with Crippen molar-refractivity contribution in [3.8, 4) is 0 Å². The van der Waals surface area contributed by atoms with Gasteiger partial charge in [-0.05, 0) is 44.6 Å². The van der Waals surface area contributed by atoms with E-state index < -0.39 is 0 Å². The van der Waals surface area contributed by atoms with E-state index in [4.69, 9.17) is 0 Å². The van der Waals surface area contributed by atoms with Crippen molar-refractivity contribution in [2.75, 3.05) is 19.6 Å². The summed E-state index contributed by atoms with van der Waals surface area (Å²) in [5.41, 5.74) is -0.315. The molecule has 0 unspecified atom stereocenters. The van der Waals surface area contributed by atoms with Gasteiger partial charge in [-0.15, -0.1) is 0 Å². The van der Waals surface area contributed by atoms with E-state index >= 15 is 0 Å². The molecule has 1 N–H and O–H groups in total. The monoisotopic (exact) mass is 225 g/mol. The molecule has 2 fully saturated rings. The molecule has 0 bridgehead atoms. The van der Waals surface area contributed by atoms with Crippen LogP contribution in [0.2, 0.25) is 0 Å². The Morgan fingerprint density at radius 2 is 1.75 bits per heavy atom. The van der Waals surface area contributed by atoms with Crippen LogP contribution in [0.5, 0.6) is 0 Å². The third-order valence-electron chi connectivity index (χ3n) is 4.63. The van der Waals surface area contributed by atoms with Crippen LogP contribution in [0, 0.1) is 5.92 Å². The first-order valence-electron chi connectivity index (χ1n) is 7.19. The normalized spacial score (nSPS) is 28.1. The zero-order valence-corrected chi connectivity index (χ0v) is 10.7. The molecule has 2 heteroatoms. The number of hydrogen-bond acceptors (Lipinski definition) is 2. The summed E-state index contributed by atoms with van der Waals surface area (Å²) >= 11 is 0. The maximum Gasteiger partial charge on any atom is 0.0700 e. The Labute approximate surface area is 100 Å². The van der Waals surface area contributed by atoms with Gasteiger partial charge in [0.15, 0.2) is 0 Å². The SMILES string of the molecule is CCCN1CCC(O)(C2CCCCC2)CC1. The van der Waals surface area contributed by atoms with Gasteiger partial charge in [0.2, 0.25) is 0 Å². The zero-order chi connectivity index (χ0) is 11.4. The molecule has 1 saturated heterocycles. The van der Waals surface area contributed by atoms with Crippen LogP contribution in [0.1, 0.15) is 58.3 Å². The van der Waals surface area contributed by atoms with E-state index in [2.05, 4.69) is 11.8 Å². The molecular formula is C14H27NO. The fourth-order valence-corrected chi connectivity index (χ4v) is 3.53. The molecule has 0 aromatic heterocycles. The second kappa shape index (κ2) is 5.50. The van der Waals surface area contributed by atoms with Gasteiger partial charge in [0.1, 0.15) is 0 Å². The number of piperidine rings is 1. The second-order valence-corrected chi connectivity index (χ2v) is 5.78. The molecule has 2 aliphatic rings. The van der Waals surface area contributed by atoms with Crippen LogP contribution in [0.25, 0.3) is 0 Å². The van der Waals surface area contributed by atoms with E-state index in [0.29, 0.717) is 5.92 Å². The quantitative estimate of drug-likeness (QED) is 0.798. The van der Waals surface area contributed by atoms with Gasteiger partial charge in [-0.25, -0.2) is 0 Å². The van der Waals surface area contributed by atoms with E-state index in [1.54, 1.807) is 0 Å². The van der Waals surface area contributed by atoms with Gasteiger partial charge < -0.3 is 10.0 Å². The third kappa shape index (κ3) is 2.78. The summed E-state index contributed by atoms with van der Waals surface area (Å²) in [6, 6.07) is 0. The molecule has 1 aliphatic heterocycles. The Morgan fingerprint density at radius 1 is 1.12 bits per heavy atom. The van der Waals surface area contributed by atoms with E-state index in [1.807, 2.05) is 0 Å². The molecule has 0 spiro atoms. The van der Waals surface area contributed by atoms with Crippen molar-refractivity contribution in [3.05, 3.63) is 0 Å². The van der Waals surface area contributed by atoms with Crippen LogP contribution >= 0.6 is 0 Å². The summed E-state index contributed by atoms with van der Waals surface area (Å²) in [6.45, 7) is 5.67.